The second-order valence-electron chi connectivity index (χ2n) is 4.88. The van der Waals surface area contributed by atoms with E-state index in [0.29, 0.717) is 5.69 Å². The molecule has 0 aliphatic carbocycles. The van der Waals surface area contributed by atoms with Crippen molar-refractivity contribution >= 4 is 17.8 Å². The Kier molecular flexibility index (Phi) is 7.41. The molecule has 2 rings (SSSR count). The average molecular weight is 386 g/mol. The molecule has 27 heavy (non-hydrogen) atoms. The van der Waals surface area contributed by atoms with Crippen LogP contribution in [0.1, 0.15) is 5.56 Å². The third-order valence-electron chi connectivity index (χ3n) is 2.96. The predicted octanol–water partition coefficient (Wildman–Crippen LogP) is 3.88. The van der Waals surface area contributed by atoms with Gasteiger partial charge < -0.3 is 19.6 Å². The zero-order valence-corrected chi connectivity index (χ0v) is 13.7. The van der Waals surface area contributed by atoms with Crippen LogP contribution in [0.2, 0.25) is 0 Å². The molecule has 0 atom stereocenters. The highest BCUT2D eigenvalue weighted by molar-refractivity contribution is 5.91. The van der Waals surface area contributed by atoms with Crippen molar-refractivity contribution in [3.8, 4) is 11.5 Å². The van der Waals surface area contributed by atoms with Gasteiger partial charge in [-0.2, -0.15) is 17.6 Å². The number of para-hydroxylation sites is 1. The summed E-state index contributed by atoms with van der Waals surface area (Å²) in [6.45, 7) is -6.37. The quantitative estimate of drug-likeness (QED) is 0.404. The van der Waals surface area contributed by atoms with Crippen molar-refractivity contribution in [2.45, 2.75) is 13.2 Å². The maximum atomic E-state index is 12.3. The third kappa shape index (κ3) is 7.22. The van der Waals surface area contributed by atoms with Crippen molar-refractivity contribution in [2.75, 3.05) is 11.9 Å². The summed E-state index contributed by atoms with van der Waals surface area (Å²) in [5.41, 5.74) is 0.581. The molecule has 0 fully saturated rings. The lowest BCUT2D eigenvalue weighted by atomic mass is 10.2. The van der Waals surface area contributed by atoms with Gasteiger partial charge in [-0.3, -0.25) is 4.79 Å². The summed E-state index contributed by atoms with van der Waals surface area (Å²) in [6, 6.07) is 11.2. The first-order valence-corrected chi connectivity index (χ1v) is 7.48. The molecule has 0 bridgehead atoms. The average Bonchev–Trinajstić information content (AvgIpc) is 2.61. The number of anilines is 1. The van der Waals surface area contributed by atoms with E-state index in [1.807, 2.05) is 0 Å². The molecular formula is C17H14F4N2O4. The van der Waals surface area contributed by atoms with Crippen LogP contribution >= 0.6 is 0 Å². The number of nitrogens with one attached hydrogen (secondary N) is 1. The second-order valence-corrected chi connectivity index (χ2v) is 4.88. The van der Waals surface area contributed by atoms with Crippen LogP contribution in [0.4, 0.5) is 23.2 Å². The Morgan fingerprint density at radius 2 is 1.67 bits per heavy atom. The molecule has 2 aromatic carbocycles. The van der Waals surface area contributed by atoms with E-state index in [0.717, 1.165) is 6.21 Å². The lowest BCUT2D eigenvalue weighted by molar-refractivity contribution is -0.120. The fourth-order valence-corrected chi connectivity index (χ4v) is 1.90. The maximum Gasteiger partial charge on any atom is 0.387 e. The normalized spacial score (nSPS) is 11.0. The fourth-order valence-electron chi connectivity index (χ4n) is 1.90. The molecule has 0 aromatic heterocycles. The second kappa shape index (κ2) is 10.00. The van der Waals surface area contributed by atoms with Gasteiger partial charge >= 0.3 is 13.2 Å². The van der Waals surface area contributed by atoms with Crippen LogP contribution in [-0.4, -0.2) is 32.0 Å². The number of oxime groups is 1. The van der Waals surface area contributed by atoms with E-state index in [4.69, 9.17) is 4.84 Å². The molecule has 10 heteroatoms. The Morgan fingerprint density at radius 3 is 2.33 bits per heavy atom. The highest BCUT2D eigenvalue weighted by Crippen LogP contribution is 2.19. The van der Waals surface area contributed by atoms with Crippen LogP contribution in [-0.2, 0) is 9.63 Å². The largest absolute Gasteiger partial charge is 0.435 e. The molecule has 0 spiro atoms. The number of carbonyl (C=O) groups excluding carboxylic acids is 1. The molecule has 144 valence electrons. The molecule has 0 saturated heterocycles. The van der Waals surface area contributed by atoms with Gasteiger partial charge in [0.2, 0.25) is 0 Å². The highest BCUT2D eigenvalue weighted by atomic mass is 19.3. The molecular weight excluding hydrogens is 372 g/mol. The number of benzene rings is 2. The summed E-state index contributed by atoms with van der Waals surface area (Å²) in [7, 11) is 0. The molecule has 2 aromatic rings. The minimum absolute atomic E-state index is 0.0477. The summed E-state index contributed by atoms with van der Waals surface area (Å²) < 4.78 is 57.2. The predicted molar refractivity (Wildman–Crippen MR) is 88.3 cm³/mol. The SMILES string of the molecule is O=C(CO/N=C/c1ccccc1OC(F)F)Nc1ccc(OC(F)F)cc1. The number of alkyl halides is 4. The Morgan fingerprint density at radius 1 is 1.00 bits per heavy atom. The highest BCUT2D eigenvalue weighted by Gasteiger charge is 2.08. The molecule has 0 saturated carbocycles. The van der Waals surface area contributed by atoms with Crippen molar-refractivity contribution in [3.05, 3.63) is 54.1 Å². The minimum Gasteiger partial charge on any atom is -0.435 e. The standard InChI is InChI=1S/C17H14F4N2O4/c18-16(19)26-13-7-5-12(6-8-13)23-15(24)10-25-22-9-11-3-1-2-4-14(11)27-17(20)21/h1-9,16-17H,10H2,(H,23,24)/b22-9+. The Labute approximate surface area is 151 Å². The zero-order valence-electron chi connectivity index (χ0n) is 13.7. The lowest BCUT2D eigenvalue weighted by Crippen LogP contribution is -2.17. The number of nitrogens with zero attached hydrogens (tertiary/aromatic N) is 1. The molecule has 6 nitrogen and oxygen atoms in total. The van der Waals surface area contributed by atoms with Crippen LogP contribution in [0.5, 0.6) is 11.5 Å². The third-order valence-corrected chi connectivity index (χ3v) is 2.96. The van der Waals surface area contributed by atoms with Gasteiger partial charge in [0.05, 0.1) is 6.21 Å². The van der Waals surface area contributed by atoms with Gasteiger partial charge in [0.25, 0.3) is 5.91 Å². The minimum atomic E-state index is -2.98. The van der Waals surface area contributed by atoms with Crippen LogP contribution in [0.3, 0.4) is 0 Å². The summed E-state index contributed by atoms with van der Waals surface area (Å²) in [6.07, 6.45) is 1.13. The Bertz CT molecular complexity index is 770. The van der Waals surface area contributed by atoms with E-state index in [9.17, 15) is 22.4 Å². The van der Waals surface area contributed by atoms with Crippen LogP contribution in [0.15, 0.2) is 53.7 Å². The Balaban J connectivity index is 1.81. The molecule has 0 radical (unpaired) electrons. The summed E-state index contributed by atoms with van der Waals surface area (Å²) in [5.74, 6) is -0.698. The van der Waals surface area contributed by atoms with Crippen molar-refractivity contribution < 1.29 is 36.7 Å². The molecule has 0 aliphatic heterocycles. The lowest BCUT2D eigenvalue weighted by Gasteiger charge is -2.07. The van der Waals surface area contributed by atoms with E-state index in [1.165, 1.54) is 42.5 Å². The van der Waals surface area contributed by atoms with Gasteiger partial charge in [-0.05, 0) is 36.4 Å². The van der Waals surface area contributed by atoms with Gasteiger partial charge in [0.1, 0.15) is 11.5 Å². The number of halogens is 4. The van der Waals surface area contributed by atoms with Crippen LogP contribution in [0, 0.1) is 0 Å². The number of ether oxygens (including phenoxy) is 2. The number of hydrogen-bond donors (Lipinski definition) is 1. The van der Waals surface area contributed by atoms with Crippen molar-refractivity contribution in [3.63, 3.8) is 0 Å². The summed E-state index contributed by atoms with van der Waals surface area (Å²) >= 11 is 0. The van der Waals surface area contributed by atoms with Crippen molar-refractivity contribution in [1.29, 1.82) is 0 Å². The summed E-state index contributed by atoms with van der Waals surface area (Å²) in [5, 5.41) is 5.98. The summed E-state index contributed by atoms with van der Waals surface area (Å²) in [4.78, 5) is 16.5. The number of rotatable bonds is 9. The first-order chi connectivity index (χ1) is 12.9. The first kappa shape index (κ1) is 20.0. The van der Waals surface area contributed by atoms with Gasteiger partial charge in [-0.25, -0.2) is 0 Å². The molecule has 1 N–H and O–H groups in total. The van der Waals surface area contributed by atoms with E-state index < -0.39 is 25.7 Å². The maximum absolute atomic E-state index is 12.3. The van der Waals surface area contributed by atoms with Gasteiger partial charge in [-0.1, -0.05) is 17.3 Å². The molecule has 0 unspecified atom stereocenters. The molecule has 0 heterocycles. The monoisotopic (exact) mass is 386 g/mol. The molecule has 1 amide bonds. The Hall–Kier alpha value is -3.30. The van der Waals surface area contributed by atoms with Gasteiger partial charge in [-0.15, -0.1) is 0 Å². The number of amides is 1. The van der Waals surface area contributed by atoms with E-state index in [1.54, 1.807) is 6.07 Å². The van der Waals surface area contributed by atoms with Crippen LogP contribution < -0.4 is 14.8 Å². The van der Waals surface area contributed by atoms with E-state index in [-0.39, 0.29) is 17.1 Å². The topological polar surface area (TPSA) is 69.2 Å². The fraction of sp³-hybridized carbons (Fsp3) is 0.176. The molecule has 0 aliphatic rings. The first-order valence-electron chi connectivity index (χ1n) is 7.48. The zero-order chi connectivity index (χ0) is 19.6. The van der Waals surface area contributed by atoms with E-state index >= 15 is 0 Å². The smallest absolute Gasteiger partial charge is 0.387 e. The van der Waals surface area contributed by atoms with Crippen LogP contribution in [0.25, 0.3) is 0 Å². The van der Waals surface area contributed by atoms with Gasteiger partial charge in [0.15, 0.2) is 6.61 Å². The number of carbonyl (C=O) groups is 1. The van der Waals surface area contributed by atoms with Gasteiger partial charge in [0, 0.05) is 11.3 Å². The van der Waals surface area contributed by atoms with E-state index in [2.05, 4.69) is 19.9 Å². The van der Waals surface area contributed by atoms with Crippen molar-refractivity contribution in [1.82, 2.24) is 0 Å². The van der Waals surface area contributed by atoms with Crippen molar-refractivity contribution in [2.24, 2.45) is 5.16 Å². The number of hydrogen-bond acceptors (Lipinski definition) is 5.